The third-order valence-corrected chi connectivity index (χ3v) is 5.31. The predicted molar refractivity (Wildman–Crippen MR) is 109 cm³/mol. The summed E-state index contributed by atoms with van der Waals surface area (Å²) in [5.41, 5.74) is 8.63. The molecule has 28 heavy (non-hydrogen) atoms. The first-order chi connectivity index (χ1) is 13.5. The molecule has 0 atom stereocenters. The highest BCUT2D eigenvalue weighted by molar-refractivity contribution is 7.19. The van der Waals surface area contributed by atoms with Crippen LogP contribution in [0.4, 0.5) is 5.82 Å². The van der Waals surface area contributed by atoms with Crippen molar-refractivity contribution in [3.63, 3.8) is 0 Å². The Kier molecular flexibility index (Phi) is 4.40. The maximum atomic E-state index is 12.5. The molecule has 0 aliphatic heterocycles. The Balaban J connectivity index is 1.86. The number of carbonyl (C=O) groups is 1. The maximum Gasteiger partial charge on any atom is 0.283 e. The lowest BCUT2D eigenvalue weighted by molar-refractivity contribution is -0.114. The molecule has 0 saturated heterocycles. The van der Waals surface area contributed by atoms with Gasteiger partial charge in [0.25, 0.3) is 5.56 Å². The Morgan fingerprint density at radius 2 is 2.00 bits per heavy atom. The van der Waals surface area contributed by atoms with Crippen molar-refractivity contribution >= 4 is 34.0 Å². The molecule has 2 aromatic heterocycles. The van der Waals surface area contributed by atoms with E-state index in [-0.39, 0.29) is 22.9 Å². The zero-order valence-corrected chi connectivity index (χ0v) is 16.0. The first-order valence-corrected chi connectivity index (χ1v) is 9.24. The van der Waals surface area contributed by atoms with Gasteiger partial charge in [0.15, 0.2) is 5.76 Å². The van der Waals surface area contributed by atoms with Gasteiger partial charge in [-0.3, -0.25) is 9.59 Å². The highest BCUT2D eigenvalue weighted by Gasteiger charge is 2.17. The molecular weight excluding hydrogens is 376 g/mol. The molecule has 0 unspecified atom stereocenters. The number of hydrogen-bond acceptors (Lipinski definition) is 7. The van der Waals surface area contributed by atoms with E-state index in [4.69, 9.17) is 10.5 Å². The third kappa shape index (κ3) is 3.03. The number of rotatable bonds is 3. The van der Waals surface area contributed by atoms with Crippen molar-refractivity contribution in [3.05, 3.63) is 75.3 Å². The van der Waals surface area contributed by atoms with Crippen molar-refractivity contribution in [1.29, 1.82) is 0 Å². The number of nitrogens with two attached hydrogens (primary N) is 1. The number of methoxy groups -OCH3 is 1. The minimum absolute atomic E-state index is 0.191. The highest BCUT2D eigenvalue weighted by atomic mass is 32.1. The van der Waals surface area contributed by atoms with Crippen molar-refractivity contribution in [2.75, 3.05) is 12.8 Å². The average molecular weight is 392 g/mol. The van der Waals surface area contributed by atoms with E-state index in [9.17, 15) is 9.59 Å². The van der Waals surface area contributed by atoms with Gasteiger partial charge in [0.05, 0.1) is 12.7 Å². The van der Waals surface area contributed by atoms with Gasteiger partial charge in [-0.25, -0.2) is 0 Å². The van der Waals surface area contributed by atoms with Gasteiger partial charge in [-0.2, -0.15) is 14.6 Å². The SMILES string of the molecule is COC1=CC(=Cc2c(N)n3nc(-c4ccccc4C)sc3nc2=O)C=CC1=O. The van der Waals surface area contributed by atoms with Crippen molar-refractivity contribution in [1.82, 2.24) is 14.6 Å². The monoisotopic (exact) mass is 392 g/mol. The molecule has 1 aliphatic carbocycles. The molecule has 0 bridgehead atoms. The lowest BCUT2D eigenvalue weighted by Gasteiger charge is -2.08. The van der Waals surface area contributed by atoms with Gasteiger partial charge >= 0.3 is 0 Å². The van der Waals surface area contributed by atoms with Crippen molar-refractivity contribution < 1.29 is 9.53 Å². The number of aryl methyl sites for hydroxylation is 1. The summed E-state index contributed by atoms with van der Waals surface area (Å²) in [6.07, 6.45) is 6.10. The molecule has 8 heteroatoms. The second kappa shape index (κ2) is 6.90. The van der Waals surface area contributed by atoms with Crippen molar-refractivity contribution in [2.45, 2.75) is 6.92 Å². The molecule has 0 radical (unpaired) electrons. The summed E-state index contributed by atoms with van der Waals surface area (Å²) in [5, 5.41) is 5.28. The summed E-state index contributed by atoms with van der Waals surface area (Å²) >= 11 is 1.30. The second-order valence-electron chi connectivity index (χ2n) is 6.19. The molecule has 0 spiro atoms. The molecule has 0 fully saturated rings. The maximum absolute atomic E-state index is 12.5. The molecule has 4 rings (SSSR count). The molecule has 7 nitrogen and oxygen atoms in total. The molecule has 1 aromatic carbocycles. The minimum Gasteiger partial charge on any atom is -0.493 e. The van der Waals surface area contributed by atoms with Crippen LogP contribution in [0.5, 0.6) is 0 Å². The molecular formula is C20H16N4O3S. The predicted octanol–water partition coefficient (Wildman–Crippen LogP) is 2.76. The number of aromatic nitrogens is 3. The average Bonchev–Trinajstić information content (AvgIpc) is 3.10. The smallest absolute Gasteiger partial charge is 0.283 e. The molecule has 1 aliphatic rings. The number of ether oxygens (including phenoxy) is 1. The number of benzene rings is 1. The van der Waals surface area contributed by atoms with Crippen LogP contribution in [-0.2, 0) is 9.53 Å². The normalized spacial score (nSPS) is 15.3. The largest absolute Gasteiger partial charge is 0.493 e. The highest BCUT2D eigenvalue weighted by Crippen LogP contribution is 2.29. The summed E-state index contributed by atoms with van der Waals surface area (Å²) in [4.78, 5) is 28.8. The fraction of sp³-hybridized carbons (Fsp3) is 0.100. The fourth-order valence-electron chi connectivity index (χ4n) is 2.88. The Bertz CT molecular complexity index is 1260. The van der Waals surface area contributed by atoms with Gasteiger partial charge in [0, 0.05) is 5.56 Å². The zero-order chi connectivity index (χ0) is 19.8. The van der Waals surface area contributed by atoms with E-state index in [2.05, 4.69) is 10.1 Å². The van der Waals surface area contributed by atoms with E-state index in [0.29, 0.717) is 10.5 Å². The Labute approximate surface area is 164 Å². The first kappa shape index (κ1) is 17.9. The summed E-state index contributed by atoms with van der Waals surface area (Å²) in [5.74, 6) is 0.147. The lowest BCUT2D eigenvalue weighted by atomic mass is 10.0. The molecule has 2 heterocycles. The van der Waals surface area contributed by atoms with E-state index >= 15 is 0 Å². The molecule has 0 saturated carbocycles. The van der Waals surface area contributed by atoms with Crippen LogP contribution >= 0.6 is 11.3 Å². The standard InChI is InChI=1S/C20H16N4O3S/c1-11-5-3-4-6-13(11)19-23-24-17(21)14(18(26)22-20(24)28-19)9-12-7-8-15(25)16(10-12)27-2/h3-10H,21H2,1-2H3. The summed E-state index contributed by atoms with van der Waals surface area (Å²) < 4.78 is 6.52. The summed E-state index contributed by atoms with van der Waals surface area (Å²) in [7, 11) is 1.42. The number of allylic oxidation sites excluding steroid dienone is 4. The molecule has 3 aromatic rings. The van der Waals surface area contributed by atoms with E-state index < -0.39 is 5.56 Å². The number of nitrogens with zero attached hydrogens (tertiary/aromatic N) is 3. The van der Waals surface area contributed by atoms with E-state index in [1.54, 1.807) is 18.2 Å². The fourth-order valence-corrected chi connectivity index (χ4v) is 3.87. The van der Waals surface area contributed by atoms with Gasteiger partial charge < -0.3 is 10.5 Å². The van der Waals surface area contributed by atoms with Gasteiger partial charge in [0.2, 0.25) is 10.7 Å². The Hall–Kier alpha value is -3.52. The van der Waals surface area contributed by atoms with Gasteiger partial charge in [0.1, 0.15) is 10.8 Å². The number of anilines is 1. The van der Waals surface area contributed by atoms with Crippen molar-refractivity contribution in [2.24, 2.45) is 0 Å². The lowest BCUT2D eigenvalue weighted by Crippen LogP contribution is -2.17. The van der Waals surface area contributed by atoms with Crippen LogP contribution in [0.3, 0.4) is 0 Å². The van der Waals surface area contributed by atoms with Crippen LogP contribution in [0.1, 0.15) is 11.1 Å². The van der Waals surface area contributed by atoms with Gasteiger partial charge in [-0.15, -0.1) is 0 Å². The van der Waals surface area contributed by atoms with Gasteiger partial charge in [-0.1, -0.05) is 41.7 Å². The number of fused-ring (bicyclic) bond motifs is 1. The van der Waals surface area contributed by atoms with Crippen molar-refractivity contribution in [3.8, 4) is 10.6 Å². The van der Waals surface area contributed by atoms with Crippen LogP contribution in [0, 0.1) is 6.92 Å². The minimum atomic E-state index is -0.456. The number of nitrogen functional groups attached to an aromatic ring is 1. The van der Waals surface area contributed by atoms with Crippen LogP contribution in [0.2, 0.25) is 0 Å². The second-order valence-corrected chi connectivity index (χ2v) is 7.14. The summed E-state index contributed by atoms with van der Waals surface area (Å²) in [6, 6.07) is 7.84. The molecule has 140 valence electrons. The first-order valence-electron chi connectivity index (χ1n) is 8.43. The quantitative estimate of drug-likeness (QED) is 0.736. The number of ketones is 1. The zero-order valence-electron chi connectivity index (χ0n) is 15.2. The molecule has 2 N–H and O–H groups in total. The van der Waals surface area contributed by atoms with Crippen LogP contribution in [0.25, 0.3) is 21.6 Å². The van der Waals surface area contributed by atoms with E-state index in [1.807, 2.05) is 31.2 Å². The summed E-state index contributed by atoms with van der Waals surface area (Å²) in [6.45, 7) is 1.99. The number of carbonyl (C=O) groups excluding carboxylic acids is 1. The third-order valence-electron chi connectivity index (χ3n) is 4.37. The Morgan fingerprint density at radius 3 is 2.75 bits per heavy atom. The van der Waals surface area contributed by atoms with Gasteiger partial charge in [-0.05, 0) is 36.3 Å². The van der Waals surface area contributed by atoms with E-state index in [0.717, 1.165) is 16.1 Å². The Morgan fingerprint density at radius 1 is 1.21 bits per heavy atom. The van der Waals surface area contributed by atoms with E-state index in [1.165, 1.54) is 29.0 Å². The molecule has 0 amide bonds. The topological polar surface area (TPSA) is 99.6 Å². The van der Waals surface area contributed by atoms with Crippen LogP contribution in [0.15, 0.2) is 58.6 Å². The van der Waals surface area contributed by atoms with Crippen LogP contribution < -0.4 is 11.3 Å². The van der Waals surface area contributed by atoms with Crippen LogP contribution in [-0.4, -0.2) is 27.5 Å². The number of hydrogen-bond donors (Lipinski definition) is 1.